The highest BCUT2D eigenvalue weighted by atomic mass is 79.9. The fourth-order valence-corrected chi connectivity index (χ4v) is 4.01. The average molecular weight is 457 g/mol. The lowest BCUT2D eigenvalue weighted by molar-refractivity contribution is 0.0844. The van der Waals surface area contributed by atoms with E-state index < -0.39 is 27.4 Å². The highest BCUT2D eigenvalue weighted by Gasteiger charge is 2.23. The van der Waals surface area contributed by atoms with E-state index in [1.54, 1.807) is 40.0 Å². The number of rotatable bonds is 4. The van der Waals surface area contributed by atoms with Gasteiger partial charge in [-0.1, -0.05) is 6.07 Å². The van der Waals surface area contributed by atoms with Crippen molar-refractivity contribution in [1.82, 2.24) is 20.6 Å². The smallest absolute Gasteiger partial charge is 0.286 e. The molecule has 0 aliphatic heterocycles. The van der Waals surface area contributed by atoms with Crippen LogP contribution < -0.4 is 15.6 Å². The second-order valence-corrected chi connectivity index (χ2v) is 9.57. The lowest BCUT2D eigenvalue weighted by Gasteiger charge is -2.20. The van der Waals surface area contributed by atoms with Crippen molar-refractivity contribution in [3.05, 3.63) is 51.8 Å². The normalized spacial score (nSPS) is 11.9. The largest absolute Gasteiger partial charge is 0.356 e. The van der Waals surface area contributed by atoms with E-state index in [2.05, 4.69) is 36.5 Å². The number of aromatic amines is 1. The summed E-state index contributed by atoms with van der Waals surface area (Å²) in [4.78, 5) is 27.1. The van der Waals surface area contributed by atoms with Crippen molar-refractivity contribution in [2.75, 3.05) is 0 Å². The van der Waals surface area contributed by atoms with Crippen LogP contribution in [0.25, 0.3) is 0 Å². The van der Waals surface area contributed by atoms with Crippen LogP contribution in [0, 0.1) is 6.92 Å². The van der Waals surface area contributed by atoms with Crippen LogP contribution in [0.15, 0.2) is 39.8 Å². The molecule has 10 heteroatoms. The molecule has 27 heavy (non-hydrogen) atoms. The summed E-state index contributed by atoms with van der Waals surface area (Å²) in [6.07, 6.45) is 1.58. The second kappa shape index (κ2) is 7.83. The number of aryl methyl sites for hydroxylation is 1. The van der Waals surface area contributed by atoms with E-state index in [0.29, 0.717) is 10.0 Å². The Balaban J connectivity index is 2.17. The van der Waals surface area contributed by atoms with E-state index in [4.69, 9.17) is 0 Å². The molecule has 0 atom stereocenters. The molecule has 0 saturated carbocycles. The number of carbonyl (C=O) groups excluding carboxylic acids is 2. The van der Waals surface area contributed by atoms with Gasteiger partial charge in [0.2, 0.25) is 10.0 Å². The Bertz CT molecular complexity index is 977. The molecule has 0 aliphatic carbocycles. The summed E-state index contributed by atoms with van der Waals surface area (Å²) in [5.74, 6) is -1.16. The first-order valence-electron chi connectivity index (χ1n) is 7.98. The van der Waals surface area contributed by atoms with E-state index in [0.717, 1.165) is 0 Å². The van der Waals surface area contributed by atoms with Gasteiger partial charge in [-0.05, 0) is 67.4 Å². The van der Waals surface area contributed by atoms with Crippen LogP contribution in [0.5, 0.6) is 0 Å². The Labute approximate surface area is 166 Å². The SMILES string of the molecule is Cc1ccc(S(=O)(=O)NC(C)(C)C)cc1C(=O)NNC(=O)c1cc(Br)c[nH]1. The van der Waals surface area contributed by atoms with Crippen LogP contribution >= 0.6 is 15.9 Å². The maximum Gasteiger partial charge on any atom is 0.286 e. The van der Waals surface area contributed by atoms with Crippen molar-refractivity contribution in [3.63, 3.8) is 0 Å². The van der Waals surface area contributed by atoms with Gasteiger partial charge >= 0.3 is 0 Å². The molecule has 2 rings (SSSR count). The Kier molecular flexibility index (Phi) is 6.13. The first-order valence-corrected chi connectivity index (χ1v) is 10.3. The number of hydrazine groups is 1. The van der Waals surface area contributed by atoms with Crippen molar-refractivity contribution in [2.45, 2.75) is 38.1 Å². The van der Waals surface area contributed by atoms with Crippen LogP contribution in [0.4, 0.5) is 0 Å². The zero-order valence-electron chi connectivity index (χ0n) is 15.3. The van der Waals surface area contributed by atoms with Gasteiger partial charge in [-0.3, -0.25) is 20.4 Å². The monoisotopic (exact) mass is 456 g/mol. The van der Waals surface area contributed by atoms with Crippen LogP contribution in [0.2, 0.25) is 0 Å². The first-order chi connectivity index (χ1) is 12.4. The summed E-state index contributed by atoms with van der Waals surface area (Å²) in [5.41, 5.74) is 4.86. The number of amides is 2. The molecule has 0 aliphatic rings. The number of benzene rings is 1. The minimum atomic E-state index is -3.79. The molecule has 1 heterocycles. The summed E-state index contributed by atoms with van der Waals surface area (Å²) >= 11 is 3.21. The lowest BCUT2D eigenvalue weighted by atomic mass is 10.1. The van der Waals surface area contributed by atoms with Gasteiger partial charge in [-0.15, -0.1) is 0 Å². The lowest BCUT2D eigenvalue weighted by Crippen LogP contribution is -2.42. The van der Waals surface area contributed by atoms with E-state index >= 15 is 0 Å². The van der Waals surface area contributed by atoms with Gasteiger partial charge in [-0.2, -0.15) is 0 Å². The maximum atomic E-state index is 12.5. The standard InChI is InChI=1S/C17H21BrN4O4S/c1-10-5-6-12(27(25,26)22-17(2,3)4)8-13(10)15(23)20-21-16(24)14-7-11(18)9-19-14/h5-9,19,22H,1-4H3,(H,20,23)(H,21,24). The van der Waals surface area contributed by atoms with Gasteiger partial charge in [0, 0.05) is 21.8 Å². The van der Waals surface area contributed by atoms with Crippen molar-refractivity contribution in [1.29, 1.82) is 0 Å². The third-order valence-corrected chi connectivity index (χ3v) is 5.60. The summed E-state index contributed by atoms with van der Waals surface area (Å²) in [5, 5.41) is 0. The molecular weight excluding hydrogens is 436 g/mol. The molecular formula is C17H21BrN4O4S. The Morgan fingerprint density at radius 3 is 2.26 bits per heavy atom. The van der Waals surface area contributed by atoms with Crippen LogP contribution in [0.3, 0.4) is 0 Å². The van der Waals surface area contributed by atoms with E-state index in [1.807, 2.05) is 0 Å². The summed E-state index contributed by atoms with van der Waals surface area (Å²) in [6, 6.07) is 5.79. The number of nitrogens with one attached hydrogen (secondary N) is 4. The third-order valence-electron chi connectivity index (χ3n) is 3.39. The maximum absolute atomic E-state index is 12.5. The quantitative estimate of drug-likeness (QED) is 0.527. The van der Waals surface area contributed by atoms with Gasteiger partial charge in [-0.25, -0.2) is 13.1 Å². The number of hydrogen-bond acceptors (Lipinski definition) is 4. The second-order valence-electron chi connectivity index (χ2n) is 6.97. The van der Waals surface area contributed by atoms with E-state index in [9.17, 15) is 18.0 Å². The molecule has 0 unspecified atom stereocenters. The Morgan fingerprint density at radius 2 is 1.70 bits per heavy atom. The van der Waals surface area contributed by atoms with Gasteiger partial charge in [0.1, 0.15) is 5.69 Å². The van der Waals surface area contributed by atoms with Crippen LogP contribution in [-0.4, -0.2) is 30.8 Å². The average Bonchev–Trinajstić information content (AvgIpc) is 2.96. The Morgan fingerprint density at radius 1 is 1.07 bits per heavy atom. The van der Waals surface area contributed by atoms with Gasteiger partial charge in [0.15, 0.2) is 0 Å². The molecule has 0 spiro atoms. The summed E-state index contributed by atoms with van der Waals surface area (Å²) < 4.78 is 28.2. The third kappa shape index (κ3) is 5.65. The van der Waals surface area contributed by atoms with E-state index in [-0.39, 0.29) is 16.2 Å². The van der Waals surface area contributed by atoms with Crippen molar-refractivity contribution >= 4 is 37.8 Å². The fourth-order valence-electron chi connectivity index (χ4n) is 2.22. The minimum Gasteiger partial charge on any atom is -0.356 e. The summed E-state index contributed by atoms with van der Waals surface area (Å²) in [7, 11) is -3.79. The predicted octanol–water partition coefficient (Wildman–Crippen LogP) is 2.24. The first kappa shape index (κ1) is 21.1. The van der Waals surface area contributed by atoms with Crippen molar-refractivity contribution < 1.29 is 18.0 Å². The zero-order valence-corrected chi connectivity index (χ0v) is 17.7. The molecule has 1 aromatic heterocycles. The van der Waals surface area contributed by atoms with E-state index in [1.165, 1.54) is 18.2 Å². The van der Waals surface area contributed by atoms with Crippen molar-refractivity contribution in [2.24, 2.45) is 0 Å². The summed E-state index contributed by atoms with van der Waals surface area (Å²) in [6.45, 7) is 6.84. The number of halogens is 1. The minimum absolute atomic E-state index is 0.0344. The number of hydrogen-bond donors (Lipinski definition) is 4. The molecule has 4 N–H and O–H groups in total. The molecule has 0 bridgehead atoms. The molecule has 0 fully saturated rings. The molecule has 0 radical (unpaired) electrons. The molecule has 2 amide bonds. The highest BCUT2D eigenvalue weighted by Crippen LogP contribution is 2.17. The molecule has 146 valence electrons. The topological polar surface area (TPSA) is 120 Å². The molecule has 0 saturated heterocycles. The van der Waals surface area contributed by atoms with Crippen LogP contribution in [0.1, 0.15) is 47.2 Å². The number of carbonyl (C=O) groups is 2. The number of sulfonamides is 1. The van der Waals surface area contributed by atoms with Gasteiger partial charge in [0.25, 0.3) is 11.8 Å². The molecule has 2 aromatic rings. The number of H-pyrrole nitrogens is 1. The van der Waals surface area contributed by atoms with Gasteiger partial charge < -0.3 is 4.98 Å². The highest BCUT2D eigenvalue weighted by molar-refractivity contribution is 9.10. The molecule has 8 nitrogen and oxygen atoms in total. The predicted molar refractivity (Wildman–Crippen MR) is 105 cm³/mol. The molecule has 1 aromatic carbocycles. The zero-order chi connectivity index (χ0) is 20.4. The van der Waals surface area contributed by atoms with Crippen molar-refractivity contribution in [3.8, 4) is 0 Å². The van der Waals surface area contributed by atoms with Gasteiger partial charge in [0.05, 0.1) is 4.90 Å². The Hall–Kier alpha value is -2.17. The fraction of sp³-hybridized carbons (Fsp3) is 0.294. The number of aromatic nitrogens is 1. The van der Waals surface area contributed by atoms with Crippen LogP contribution in [-0.2, 0) is 10.0 Å².